The van der Waals surface area contributed by atoms with Crippen molar-refractivity contribution in [2.75, 3.05) is 43.9 Å². The van der Waals surface area contributed by atoms with Crippen LogP contribution in [0, 0.1) is 6.92 Å². The van der Waals surface area contributed by atoms with Gasteiger partial charge in [0.1, 0.15) is 10.8 Å². The highest BCUT2D eigenvalue weighted by atomic mass is 35.5. The van der Waals surface area contributed by atoms with E-state index in [-0.39, 0.29) is 16.0 Å². The molecule has 11 heteroatoms. The standard InChI is InChI=1S/C34H47ClN6O3S/c1-22(2)44-31-20-27(25-11-13-26(14-12-25)41-17-15-40(6)16-18-41)24(5)19-30(31)38-34-36-21-28(35)33(39-34)37-29-9-7-8-10-32(29)45(42,43)23(3)4/h7-10,19-23,25-26H,11-18H2,1-6H3,(H2,36,37,38,39). The maximum absolute atomic E-state index is 13.0. The summed E-state index contributed by atoms with van der Waals surface area (Å²) in [5.41, 5.74) is 3.73. The Morgan fingerprint density at radius 1 is 0.956 bits per heavy atom. The number of likely N-dealkylation sites (N-methyl/N-ethyl adjacent to an activating group) is 1. The predicted molar refractivity (Wildman–Crippen MR) is 183 cm³/mol. The van der Waals surface area contributed by atoms with E-state index in [4.69, 9.17) is 16.3 Å². The lowest BCUT2D eigenvalue weighted by atomic mass is 9.79. The number of rotatable bonds is 10. The highest BCUT2D eigenvalue weighted by molar-refractivity contribution is 7.92. The van der Waals surface area contributed by atoms with Crippen molar-refractivity contribution >= 4 is 44.6 Å². The molecule has 0 spiro atoms. The summed E-state index contributed by atoms with van der Waals surface area (Å²) in [5, 5.41) is 6.17. The van der Waals surface area contributed by atoms with Crippen LogP contribution in [0.4, 0.5) is 23.1 Å². The van der Waals surface area contributed by atoms with Crippen LogP contribution in [-0.4, -0.2) is 78.8 Å². The molecular weight excluding hydrogens is 608 g/mol. The molecule has 9 nitrogen and oxygen atoms in total. The largest absolute Gasteiger partial charge is 0.489 e. The average molecular weight is 655 g/mol. The van der Waals surface area contributed by atoms with Crippen LogP contribution in [0.2, 0.25) is 5.02 Å². The zero-order valence-electron chi connectivity index (χ0n) is 27.3. The SMILES string of the molecule is Cc1cc(Nc2ncc(Cl)c(Nc3ccccc3S(=O)(=O)C(C)C)n2)c(OC(C)C)cc1C1CCC(N2CCN(C)CC2)CC1. The monoisotopic (exact) mass is 654 g/mol. The molecule has 1 aromatic heterocycles. The van der Waals surface area contributed by atoms with E-state index in [1.807, 2.05) is 13.8 Å². The highest BCUT2D eigenvalue weighted by Gasteiger charge is 2.30. The van der Waals surface area contributed by atoms with Crippen molar-refractivity contribution < 1.29 is 13.2 Å². The topological polar surface area (TPSA) is 99.7 Å². The number of sulfone groups is 1. The number of benzene rings is 2. The number of ether oxygens (including phenoxy) is 1. The van der Waals surface area contributed by atoms with Gasteiger partial charge in [-0.15, -0.1) is 0 Å². The second-order valence-corrected chi connectivity index (χ2v) is 15.8. The van der Waals surface area contributed by atoms with E-state index < -0.39 is 15.1 Å². The van der Waals surface area contributed by atoms with E-state index in [9.17, 15) is 8.42 Å². The van der Waals surface area contributed by atoms with Gasteiger partial charge in [-0.1, -0.05) is 23.7 Å². The lowest BCUT2D eigenvalue weighted by molar-refractivity contribution is 0.0878. The molecule has 0 unspecified atom stereocenters. The van der Waals surface area contributed by atoms with Crippen molar-refractivity contribution in [1.82, 2.24) is 19.8 Å². The summed E-state index contributed by atoms with van der Waals surface area (Å²) in [6, 6.07) is 11.8. The first-order chi connectivity index (χ1) is 21.4. The van der Waals surface area contributed by atoms with Crippen LogP contribution >= 0.6 is 11.6 Å². The van der Waals surface area contributed by atoms with Gasteiger partial charge in [-0.2, -0.15) is 4.98 Å². The molecule has 2 heterocycles. The summed E-state index contributed by atoms with van der Waals surface area (Å²) in [5.74, 6) is 1.88. The van der Waals surface area contributed by atoms with Crippen LogP contribution in [0.25, 0.3) is 0 Å². The molecule has 3 aromatic rings. The number of piperazine rings is 1. The van der Waals surface area contributed by atoms with E-state index in [1.165, 1.54) is 56.1 Å². The van der Waals surface area contributed by atoms with Crippen molar-refractivity contribution in [2.45, 2.75) is 88.5 Å². The molecule has 5 rings (SSSR count). The minimum atomic E-state index is -3.53. The first kappa shape index (κ1) is 33.4. The Morgan fingerprint density at radius 3 is 2.31 bits per heavy atom. The lowest BCUT2D eigenvalue weighted by Crippen LogP contribution is -2.49. The molecule has 0 bridgehead atoms. The third-order valence-corrected chi connectivity index (χ3v) is 11.5. The molecule has 45 heavy (non-hydrogen) atoms. The van der Waals surface area contributed by atoms with Gasteiger partial charge in [0.15, 0.2) is 15.7 Å². The molecule has 244 valence electrons. The fourth-order valence-electron chi connectivity index (χ4n) is 6.37. The van der Waals surface area contributed by atoms with Crippen molar-refractivity contribution in [3.63, 3.8) is 0 Å². The highest BCUT2D eigenvalue weighted by Crippen LogP contribution is 2.41. The average Bonchev–Trinajstić information content (AvgIpc) is 3.00. The number of aromatic nitrogens is 2. The maximum Gasteiger partial charge on any atom is 0.229 e. The molecule has 1 saturated carbocycles. The molecule has 0 radical (unpaired) electrons. The molecule has 1 saturated heterocycles. The number of anilines is 4. The number of halogens is 1. The fourth-order valence-corrected chi connectivity index (χ4v) is 7.71. The molecule has 2 N–H and O–H groups in total. The number of nitrogens with one attached hydrogen (secondary N) is 2. The van der Waals surface area contributed by atoms with Crippen LogP contribution in [0.15, 0.2) is 47.5 Å². The Balaban J connectivity index is 1.36. The van der Waals surface area contributed by atoms with Crippen molar-refractivity contribution in [2.24, 2.45) is 0 Å². The van der Waals surface area contributed by atoms with Gasteiger partial charge in [0.2, 0.25) is 5.95 Å². The number of hydrogen-bond acceptors (Lipinski definition) is 9. The van der Waals surface area contributed by atoms with Gasteiger partial charge in [0, 0.05) is 32.2 Å². The number of aryl methyl sites for hydroxylation is 1. The number of nitrogens with zero attached hydrogens (tertiary/aromatic N) is 4. The summed E-state index contributed by atoms with van der Waals surface area (Å²) in [6.07, 6.45) is 6.29. The normalized spacial score (nSPS) is 20.0. The molecule has 2 fully saturated rings. The molecule has 2 aromatic carbocycles. The Hall–Kier alpha value is -2.92. The number of hydrogen-bond donors (Lipinski definition) is 2. The Labute approximate surface area is 273 Å². The predicted octanol–water partition coefficient (Wildman–Crippen LogP) is 7.17. The first-order valence-corrected chi connectivity index (χ1v) is 18.0. The van der Waals surface area contributed by atoms with Crippen molar-refractivity contribution in [1.29, 1.82) is 0 Å². The second-order valence-electron chi connectivity index (χ2n) is 12.9. The molecular formula is C34H47ClN6O3S. The van der Waals surface area contributed by atoms with Crippen LogP contribution in [0.1, 0.15) is 70.4 Å². The van der Waals surface area contributed by atoms with Gasteiger partial charge < -0.3 is 20.3 Å². The van der Waals surface area contributed by atoms with E-state index in [0.29, 0.717) is 29.4 Å². The van der Waals surface area contributed by atoms with Gasteiger partial charge in [-0.25, -0.2) is 13.4 Å². The van der Waals surface area contributed by atoms with Crippen LogP contribution in [0.3, 0.4) is 0 Å². The second kappa shape index (κ2) is 14.2. The molecule has 1 aliphatic heterocycles. The van der Waals surface area contributed by atoms with E-state index >= 15 is 0 Å². The van der Waals surface area contributed by atoms with Gasteiger partial charge in [-0.05, 0) is 109 Å². The Bertz CT molecular complexity index is 1580. The first-order valence-electron chi connectivity index (χ1n) is 16.1. The zero-order chi connectivity index (χ0) is 32.3. The van der Waals surface area contributed by atoms with Crippen molar-refractivity contribution in [3.8, 4) is 5.75 Å². The third kappa shape index (κ3) is 7.91. The summed E-state index contributed by atoms with van der Waals surface area (Å²) in [4.78, 5) is 14.4. The quantitative estimate of drug-likeness (QED) is 0.236. The Morgan fingerprint density at radius 2 is 1.64 bits per heavy atom. The minimum Gasteiger partial charge on any atom is -0.489 e. The lowest BCUT2D eigenvalue weighted by Gasteiger charge is -2.41. The van der Waals surface area contributed by atoms with E-state index in [0.717, 1.165) is 24.5 Å². The van der Waals surface area contributed by atoms with Gasteiger partial charge in [0.25, 0.3) is 0 Å². The molecule has 1 aliphatic carbocycles. The Kier molecular flexibility index (Phi) is 10.6. The fraction of sp³-hybridized carbons (Fsp3) is 0.529. The van der Waals surface area contributed by atoms with Gasteiger partial charge in [-0.3, -0.25) is 4.90 Å². The van der Waals surface area contributed by atoms with Crippen molar-refractivity contribution in [3.05, 3.63) is 58.7 Å². The minimum absolute atomic E-state index is 0.0168. The number of para-hydroxylation sites is 1. The smallest absolute Gasteiger partial charge is 0.229 e. The summed E-state index contributed by atoms with van der Waals surface area (Å²) in [7, 11) is -1.32. The summed E-state index contributed by atoms with van der Waals surface area (Å²) >= 11 is 6.48. The third-order valence-electron chi connectivity index (χ3n) is 8.98. The molecule has 0 amide bonds. The van der Waals surface area contributed by atoms with Crippen LogP contribution < -0.4 is 15.4 Å². The van der Waals surface area contributed by atoms with Gasteiger partial charge >= 0.3 is 0 Å². The van der Waals surface area contributed by atoms with Crippen LogP contribution in [-0.2, 0) is 9.84 Å². The van der Waals surface area contributed by atoms with Gasteiger partial charge in [0.05, 0.1) is 33.8 Å². The maximum atomic E-state index is 13.0. The molecule has 2 aliphatic rings. The summed E-state index contributed by atoms with van der Waals surface area (Å²) in [6.45, 7) is 14.2. The van der Waals surface area contributed by atoms with Crippen LogP contribution in [0.5, 0.6) is 5.75 Å². The summed E-state index contributed by atoms with van der Waals surface area (Å²) < 4.78 is 32.3. The molecule has 0 atom stereocenters. The zero-order valence-corrected chi connectivity index (χ0v) is 28.9. The van der Waals surface area contributed by atoms with E-state index in [1.54, 1.807) is 38.1 Å². The van der Waals surface area contributed by atoms with E-state index in [2.05, 4.69) is 56.5 Å².